The molecule has 2 aromatic carbocycles. The van der Waals surface area contributed by atoms with Gasteiger partial charge in [0.2, 0.25) is 0 Å². The molecule has 0 bridgehead atoms. The zero-order valence-electron chi connectivity index (χ0n) is 10.8. The number of phenols is 1. The number of rotatable bonds is 3. The van der Waals surface area contributed by atoms with Crippen LogP contribution < -0.4 is 5.43 Å². The summed E-state index contributed by atoms with van der Waals surface area (Å²) in [5, 5.41) is 13.3. The van der Waals surface area contributed by atoms with Crippen LogP contribution >= 0.6 is 15.9 Å². The van der Waals surface area contributed by atoms with Crippen LogP contribution in [0, 0.1) is 0 Å². The molecule has 0 heterocycles. The Bertz CT molecular complexity index is 634. The molecule has 0 aliphatic carbocycles. The Labute approximate surface area is 125 Å². The molecule has 0 unspecified atom stereocenters. The van der Waals surface area contributed by atoms with Crippen LogP contribution in [0.25, 0.3) is 0 Å². The van der Waals surface area contributed by atoms with Gasteiger partial charge in [-0.05, 0) is 61.0 Å². The first-order chi connectivity index (χ1) is 9.56. The van der Waals surface area contributed by atoms with Crippen LogP contribution in [-0.2, 0) is 0 Å². The minimum absolute atomic E-state index is 0.195. The molecule has 5 heteroatoms. The van der Waals surface area contributed by atoms with Gasteiger partial charge in [-0.1, -0.05) is 15.9 Å². The van der Waals surface area contributed by atoms with Crippen molar-refractivity contribution in [3.63, 3.8) is 0 Å². The fourth-order valence-corrected chi connectivity index (χ4v) is 1.83. The van der Waals surface area contributed by atoms with Gasteiger partial charge in [-0.25, -0.2) is 5.43 Å². The predicted octanol–water partition coefficient (Wildman–Crippen LogP) is 3.31. The van der Waals surface area contributed by atoms with Gasteiger partial charge in [0.25, 0.3) is 5.91 Å². The quantitative estimate of drug-likeness (QED) is 0.669. The summed E-state index contributed by atoms with van der Waals surface area (Å²) in [6.45, 7) is 1.79. The molecule has 0 fully saturated rings. The van der Waals surface area contributed by atoms with E-state index in [0.717, 1.165) is 10.0 Å². The van der Waals surface area contributed by atoms with Crippen molar-refractivity contribution >= 4 is 27.5 Å². The third-order valence-corrected chi connectivity index (χ3v) is 3.25. The first-order valence-corrected chi connectivity index (χ1v) is 6.75. The number of benzene rings is 2. The van der Waals surface area contributed by atoms with E-state index < -0.39 is 0 Å². The van der Waals surface area contributed by atoms with E-state index in [1.807, 2.05) is 0 Å². The van der Waals surface area contributed by atoms with Crippen LogP contribution in [0.4, 0.5) is 0 Å². The lowest BCUT2D eigenvalue weighted by Crippen LogP contribution is -2.19. The van der Waals surface area contributed by atoms with Gasteiger partial charge in [-0.3, -0.25) is 4.79 Å². The minimum Gasteiger partial charge on any atom is -0.508 e. The molecule has 0 aliphatic heterocycles. The van der Waals surface area contributed by atoms with E-state index in [4.69, 9.17) is 0 Å². The second kappa shape index (κ2) is 6.34. The van der Waals surface area contributed by atoms with Gasteiger partial charge in [-0.2, -0.15) is 5.10 Å². The lowest BCUT2D eigenvalue weighted by atomic mass is 10.1. The number of hydrogen-bond donors (Lipinski definition) is 2. The third-order valence-electron chi connectivity index (χ3n) is 2.72. The van der Waals surface area contributed by atoms with Crippen molar-refractivity contribution in [3.8, 4) is 5.75 Å². The largest absolute Gasteiger partial charge is 0.508 e. The highest BCUT2D eigenvalue weighted by Gasteiger charge is 2.04. The topological polar surface area (TPSA) is 61.7 Å². The molecule has 2 aromatic rings. The number of carbonyl (C=O) groups excluding carboxylic acids is 1. The van der Waals surface area contributed by atoms with E-state index in [1.54, 1.807) is 55.5 Å². The van der Waals surface area contributed by atoms with Crippen molar-refractivity contribution in [2.24, 2.45) is 5.10 Å². The molecule has 0 radical (unpaired) electrons. The van der Waals surface area contributed by atoms with E-state index >= 15 is 0 Å². The van der Waals surface area contributed by atoms with Crippen LogP contribution in [0.15, 0.2) is 58.1 Å². The number of carbonyl (C=O) groups is 1. The lowest BCUT2D eigenvalue weighted by molar-refractivity contribution is 0.0955. The summed E-state index contributed by atoms with van der Waals surface area (Å²) in [7, 11) is 0. The van der Waals surface area contributed by atoms with Crippen LogP contribution in [0.5, 0.6) is 5.75 Å². The predicted molar refractivity (Wildman–Crippen MR) is 81.9 cm³/mol. The molecule has 4 nitrogen and oxygen atoms in total. The van der Waals surface area contributed by atoms with E-state index in [0.29, 0.717) is 11.3 Å². The summed E-state index contributed by atoms with van der Waals surface area (Å²) >= 11 is 3.31. The number of hydrogen-bond acceptors (Lipinski definition) is 3. The van der Waals surface area contributed by atoms with Gasteiger partial charge in [0.1, 0.15) is 5.75 Å². The van der Waals surface area contributed by atoms with E-state index in [1.165, 1.54) is 0 Å². The highest BCUT2D eigenvalue weighted by molar-refractivity contribution is 9.10. The van der Waals surface area contributed by atoms with Crippen LogP contribution in [0.3, 0.4) is 0 Å². The summed E-state index contributed by atoms with van der Waals surface area (Å²) in [6.07, 6.45) is 0. The Morgan fingerprint density at radius 1 is 1.05 bits per heavy atom. The van der Waals surface area contributed by atoms with Gasteiger partial charge < -0.3 is 5.11 Å². The first kappa shape index (κ1) is 14.3. The Morgan fingerprint density at radius 3 is 2.20 bits per heavy atom. The lowest BCUT2D eigenvalue weighted by Gasteiger charge is -2.03. The molecule has 0 saturated heterocycles. The standard InChI is InChI=1S/C15H13BrN2O2/c1-10(11-4-8-14(19)9-5-11)17-18-15(20)12-2-6-13(16)7-3-12/h2-9,19H,1H3,(H,18,20)/b17-10+. The maximum atomic E-state index is 11.9. The Morgan fingerprint density at radius 2 is 1.60 bits per heavy atom. The van der Waals surface area contributed by atoms with E-state index in [-0.39, 0.29) is 11.7 Å². The summed E-state index contributed by atoms with van der Waals surface area (Å²) in [6, 6.07) is 13.6. The number of nitrogens with one attached hydrogen (secondary N) is 1. The first-order valence-electron chi connectivity index (χ1n) is 5.96. The molecule has 2 N–H and O–H groups in total. The van der Waals surface area contributed by atoms with Gasteiger partial charge >= 0.3 is 0 Å². The number of nitrogens with zero attached hydrogens (tertiary/aromatic N) is 1. The average molecular weight is 333 g/mol. The molecule has 0 spiro atoms. The number of amides is 1. The fraction of sp³-hybridized carbons (Fsp3) is 0.0667. The van der Waals surface area contributed by atoms with E-state index in [2.05, 4.69) is 26.5 Å². The van der Waals surface area contributed by atoms with Crippen LogP contribution in [0.1, 0.15) is 22.8 Å². The van der Waals surface area contributed by atoms with Gasteiger partial charge in [0.05, 0.1) is 5.71 Å². The molecular weight excluding hydrogens is 320 g/mol. The Hall–Kier alpha value is -2.14. The summed E-state index contributed by atoms with van der Waals surface area (Å²) in [5.41, 5.74) is 4.53. The van der Waals surface area contributed by atoms with Gasteiger partial charge in [-0.15, -0.1) is 0 Å². The smallest absolute Gasteiger partial charge is 0.271 e. The molecule has 20 heavy (non-hydrogen) atoms. The number of halogens is 1. The van der Waals surface area contributed by atoms with Crippen molar-refractivity contribution < 1.29 is 9.90 Å². The fourth-order valence-electron chi connectivity index (χ4n) is 1.57. The number of hydrazone groups is 1. The SMILES string of the molecule is C/C(=N\NC(=O)c1ccc(Br)cc1)c1ccc(O)cc1. The van der Waals surface area contributed by atoms with Crippen molar-refractivity contribution in [2.75, 3.05) is 0 Å². The monoisotopic (exact) mass is 332 g/mol. The zero-order valence-corrected chi connectivity index (χ0v) is 12.4. The highest BCUT2D eigenvalue weighted by atomic mass is 79.9. The Balaban J connectivity index is 2.06. The normalized spacial score (nSPS) is 11.2. The second-order valence-corrected chi connectivity index (χ2v) is 5.11. The molecule has 1 amide bonds. The average Bonchev–Trinajstić information content (AvgIpc) is 2.46. The van der Waals surface area contributed by atoms with Crippen molar-refractivity contribution in [1.29, 1.82) is 0 Å². The summed E-state index contributed by atoms with van der Waals surface area (Å²) < 4.78 is 0.915. The molecule has 102 valence electrons. The van der Waals surface area contributed by atoms with Crippen molar-refractivity contribution in [1.82, 2.24) is 5.43 Å². The number of phenolic OH excluding ortho intramolecular Hbond substituents is 1. The van der Waals surface area contributed by atoms with Gasteiger partial charge in [0.15, 0.2) is 0 Å². The summed E-state index contributed by atoms with van der Waals surface area (Å²) in [5.74, 6) is -0.0731. The minimum atomic E-state index is -0.268. The second-order valence-electron chi connectivity index (χ2n) is 4.19. The molecule has 2 rings (SSSR count). The van der Waals surface area contributed by atoms with Crippen LogP contribution in [-0.4, -0.2) is 16.7 Å². The molecule has 0 aliphatic rings. The third kappa shape index (κ3) is 3.68. The maximum absolute atomic E-state index is 11.9. The zero-order chi connectivity index (χ0) is 14.5. The molecular formula is C15H13BrN2O2. The Kier molecular flexibility index (Phi) is 4.53. The molecule has 0 atom stereocenters. The van der Waals surface area contributed by atoms with E-state index in [9.17, 15) is 9.90 Å². The number of aromatic hydroxyl groups is 1. The van der Waals surface area contributed by atoms with Crippen LogP contribution in [0.2, 0.25) is 0 Å². The van der Waals surface area contributed by atoms with Crippen molar-refractivity contribution in [3.05, 3.63) is 64.1 Å². The van der Waals surface area contributed by atoms with Crippen molar-refractivity contribution in [2.45, 2.75) is 6.92 Å². The summed E-state index contributed by atoms with van der Waals surface area (Å²) in [4.78, 5) is 11.9. The highest BCUT2D eigenvalue weighted by Crippen LogP contribution is 2.11. The molecule has 0 saturated carbocycles. The molecule has 0 aromatic heterocycles. The maximum Gasteiger partial charge on any atom is 0.271 e. The van der Waals surface area contributed by atoms with Gasteiger partial charge in [0, 0.05) is 10.0 Å².